The fraction of sp³-hybridized carbons (Fsp3) is 0.667. The van der Waals surface area contributed by atoms with Crippen LogP contribution in [0, 0.1) is 5.92 Å². The van der Waals surface area contributed by atoms with Crippen LogP contribution in [0.15, 0.2) is 23.8 Å². The summed E-state index contributed by atoms with van der Waals surface area (Å²) in [5.74, 6) is 0.845. The molecule has 2 aliphatic rings. The highest BCUT2D eigenvalue weighted by Gasteiger charge is 2.17. The maximum absolute atomic E-state index is 5.80. The molecular formula is C12H19N. The highest BCUT2D eigenvalue weighted by atomic mass is 14.6. The van der Waals surface area contributed by atoms with Crippen molar-refractivity contribution in [2.24, 2.45) is 11.7 Å². The van der Waals surface area contributed by atoms with Gasteiger partial charge in [-0.25, -0.2) is 0 Å². The van der Waals surface area contributed by atoms with Gasteiger partial charge >= 0.3 is 0 Å². The van der Waals surface area contributed by atoms with Gasteiger partial charge in [-0.3, -0.25) is 0 Å². The lowest BCUT2D eigenvalue weighted by molar-refractivity contribution is 0.406. The fourth-order valence-corrected chi connectivity index (χ4v) is 2.39. The first-order chi connectivity index (χ1) is 6.36. The lowest BCUT2D eigenvalue weighted by Gasteiger charge is -2.25. The summed E-state index contributed by atoms with van der Waals surface area (Å²) in [5.41, 5.74) is 7.35. The van der Waals surface area contributed by atoms with E-state index in [-0.39, 0.29) is 6.04 Å². The zero-order chi connectivity index (χ0) is 9.10. The van der Waals surface area contributed by atoms with Crippen LogP contribution in [-0.4, -0.2) is 6.04 Å². The van der Waals surface area contributed by atoms with Crippen molar-refractivity contribution >= 4 is 0 Å². The van der Waals surface area contributed by atoms with Crippen molar-refractivity contribution in [3.63, 3.8) is 0 Å². The van der Waals surface area contributed by atoms with Crippen LogP contribution >= 0.6 is 0 Å². The standard InChI is InChI=1S/C12H19N/c13-12-8-6-11(7-9-12)10-4-2-1-3-5-10/h6-8,10,12H,1-5,9,13H2. The van der Waals surface area contributed by atoms with E-state index >= 15 is 0 Å². The van der Waals surface area contributed by atoms with Crippen LogP contribution in [0.1, 0.15) is 38.5 Å². The lowest BCUT2D eigenvalue weighted by Crippen LogP contribution is -2.19. The molecule has 1 nitrogen and oxygen atoms in total. The summed E-state index contributed by atoms with van der Waals surface area (Å²) < 4.78 is 0. The van der Waals surface area contributed by atoms with E-state index in [1.54, 1.807) is 5.57 Å². The molecule has 0 saturated heterocycles. The molecule has 0 aliphatic heterocycles. The molecule has 1 heteroatoms. The summed E-state index contributed by atoms with van der Waals surface area (Å²) >= 11 is 0. The molecule has 0 aromatic carbocycles. The highest BCUT2D eigenvalue weighted by molar-refractivity contribution is 5.27. The largest absolute Gasteiger partial charge is 0.324 e. The minimum absolute atomic E-state index is 0.271. The topological polar surface area (TPSA) is 26.0 Å². The Kier molecular flexibility index (Phi) is 2.84. The second kappa shape index (κ2) is 4.10. The molecule has 0 heterocycles. The van der Waals surface area contributed by atoms with Crippen LogP contribution < -0.4 is 5.73 Å². The van der Waals surface area contributed by atoms with E-state index in [9.17, 15) is 0 Å². The Morgan fingerprint density at radius 2 is 1.92 bits per heavy atom. The summed E-state index contributed by atoms with van der Waals surface area (Å²) in [6.45, 7) is 0. The first-order valence-electron chi connectivity index (χ1n) is 5.50. The number of allylic oxidation sites excluding steroid dienone is 2. The molecule has 72 valence electrons. The quantitative estimate of drug-likeness (QED) is 0.655. The summed E-state index contributed by atoms with van der Waals surface area (Å²) in [6.07, 6.45) is 14.9. The SMILES string of the molecule is NC1C=CC(C2CCCCC2)=CC1. The Morgan fingerprint density at radius 1 is 1.15 bits per heavy atom. The van der Waals surface area contributed by atoms with Crippen LogP contribution in [0.4, 0.5) is 0 Å². The van der Waals surface area contributed by atoms with Crippen molar-refractivity contribution in [3.05, 3.63) is 23.8 Å². The van der Waals surface area contributed by atoms with Crippen LogP contribution in [-0.2, 0) is 0 Å². The van der Waals surface area contributed by atoms with Gasteiger partial charge in [0.2, 0.25) is 0 Å². The Balaban J connectivity index is 1.96. The van der Waals surface area contributed by atoms with E-state index in [2.05, 4.69) is 18.2 Å². The van der Waals surface area contributed by atoms with Crippen LogP contribution in [0.3, 0.4) is 0 Å². The van der Waals surface area contributed by atoms with Gasteiger partial charge in [0, 0.05) is 6.04 Å². The molecule has 0 spiro atoms. The molecule has 0 aromatic heterocycles. The van der Waals surface area contributed by atoms with Gasteiger partial charge < -0.3 is 5.73 Å². The maximum Gasteiger partial charge on any atom is 0.0262 e. The number of hydrogen-bond acceptors (Lipinski definition) is 1. The van der Waals surface area contributed by atoms with Crippen LogP contribution in [0.25, 0.3) is 0 Å². The first kappa shape index (κ1) is 9.01. The Bertz CT molecular complexity index is 221. The molecular weight excluding hydrogens is 158 g/mol. The van der Waals surface area contributed by atoms with Crippen molar-refractivity contribution in [2.45, 2.75) is 44.6 Å². The monoisotopic (exact) mass is 177 g/mol. The Morgan fingerprint density at radius 3 is 2.54 bits per heavy atom. The first-order valence-corrected chi connectivity index (χ1v) is 5.50. The summed E-state index contributed by atoms with van der Waals surface area (Å²) in [7, 11) is 0. The van der Waals surface area contributed by atoms with Crippen molar-refractivity contribution in [3.8, 4) is 0 Å². The van der Waals surface area contributed by atoms with E-state index in [0.29, 0.717) is 0 Å². The molecule has 1 fully saturated rings. The van der Waals surface area contributed by atoms with E-state index < -0.39 is 0 Å². The maximum atomic E-state index is 5.80. The predicted octanol–water partition coefficient (Wildman–Crippen LogP) is 2.78. The number of rotatable bonds is 1. The van der Waals surface area contributed by atoms with Gasteiger partial charge in [0.1, 0.15) is 0 Å². The average molecular weight is 177 g/mol. The zero-order valence-electron chi connectivity index (χ0n) is 8.21. The van der Waals surface area contributed by atoms with Crippen molar-refractivity contribution < 1.29 is 0 Å². The molecule has 2 aliphatic carbocycles. The van der Waals surface area contributed by atoms with Gasteiger partial charge in [-0.15, -0.1) is 0 Å². The zero-order valence-corrected chi connectivity index (χ0v) is 8.21. The van der Waals surface area contributed by atoms with Crippen molar-refractivity contribution in [2.75, 3.05) is 0 Å². The predicted molar refractivity (Wildman–Crippen MR) is 56.4 cm³/mol. The van der Waals surface area contributed by atoms with Gasteiger partial charge in [0.05, 0.1) is 0 Å². The lowest BCUT2D eigenvalue weighted by atomic mass is 9.81. The van der Waals surface area contributed by atoms with Gasteiger partial charge in [-0.2, -0.15) is 0 Å². The molecule has 0 aromatic rings. The van der Waals surface area contributed by atoms with E-state index in [0.717, 1.165) is 12.3 Å². The van der Waals surface area contributed by atoms with Crippen molar-refractivity contribution in [1.29, 1.82) is 0 Å². The van der Waals surface area contributed by atoms with E-state index in [1.165, 1.54) is 32.1 Å². The third kappa shape index (κ3) is 2.22. The molecule has 1 saturated carbocycles. The third-order valence-electron chi connectivity index (χ3n) is 3.24. The summed E-state index contributed by atoms with van der Waals surface area (Å²) in [4.78, 5) is 0. The average Bonchev–Trinajstić information content (AvgIpc) is 2.20. The summed E-state index contributed by atoms with van der Waals surface area (Å²) in [5, 5.41) is 0. The van der Waals surface area contributed by atoms with Crippen LogP contribution in [0.5, 0.6) is 0 Å². The molecule has 13 heavy (non-hydrogen) atoms. The van der Waals surface area contributed by atoms with Gasteiger partial charge in [0.25, 0.3) is 0 Å². The normalized spacial score (nSPS) is 30.2. The molecule has 0 radical (unpaired) electrons. The Labute approximate surface area is 80.7 Å². The third-order valence-corrected chi connectivity index (χ3v) is 3.24. The Hall–Kier alpha value is -0.560. The molecule has 2 rings (SSSR count). The molecule has 2 N–H and O–H groups in total. The van der Waals surface area contributed by atoms with E-state index in [1.807, 2.05) is 0 Å². The molecule has 0 bridgehead atoms. The minimum atomic E-state index is 0.271. The smallest absolute Gasteiger partial charge is 0.0262 e. The minimum Gasteiger partial charge on any atom is -0.324 e. The number of hydrogen-bond donors (Lipinski definition) is 1. The van der Waals surface area contributed by atoms with Crippen LogP contribution in [0.2, 0.25) is 0 Å². The van der Waals surface area contributed by atoms with Gasteiger partial charge in [-0.05, 0) is 30.8 Å². The fourth-order valence-electron chi connectivity index (χ4n) is 2.39. The van der Waals surface area contributed by atoms with Gasteiger partial charge in [0.15, 0.2) is 0 Å². The summed E-state index contributed by atoms with van der Waals surface area (Å²) in [6, 6.07) is 0.271. The van der Waals surface area contributed by atoms with Gasteiger partial charge in [-0.1, -0.05) is 37.5 Å². The molecule has 0 amide bonds. The van der Waals surface area contributed by atoms with E-state index in [4.69, 9.17) is 5.73 Å². The molecule has 1 unspecified atom stereocenters. The highest BCUT2D eigenvalue weighted by Crippen LogP contribution is 2.31. The van der Waals surface area contributed by atoms with Crippen molar-refractivity contribution in [1.82, 2.24) is 0 Å². The number of nitrogens with two attached hydrogens (primary N) is 1. The second-order valence-corrected chi connectivity index (χ2v) is 4.30. The molecule has 1 atom stereocenters. The second-order valence-electron chi connectivity index (χ2n) is 4.30.